The molecular weight excluding hydrogens is 372 g/mol. The van der Waals surface area contributed by atoms with Crippen LogP contribution in [0.1, 0.15) is 24.4 Å². The zero-order valence-electron chi connectivity index (χ0n) is 15.2. The van der Waals surface area contributed by atoms with Gasteiger partial charge in [0.25, 0.3) is 0 Å². The van der Waals surface area contributed by atoms with Gasteiger partial charge < -0.3 is 14.4 Å². The summed E-state index contributed by atoms with van der Waals surface area (Å²) in [5.41, 5.74) is 0.946. The molecule has 0 aliphatic carbocycles. The molecule has 1 aliphatic rings. The smallest absolute Gasteiger partial charge is 0.233 e. The third kappa shape index (κ3) is 4.35. The number of methoxy groups -OCH3 is 2. The molecule has 0 N–H and O–H groups in total. The van der Waals surface area contributed by atoms with Gasteiger partial charge in [-0.3, -0.25) is 4.79 Å². The zero-order chi connectivity index (χ0) is 19.4. The van der Waals surface area contributed by atoms with E-state index in [1.54, 1.807) is 14.2 Å². The Kier molecular flexibility index (Phi) is 6.21. The van der Waals surface area contributed by atoms with Gasteiger partial charge in [0.05, 0.1) is 26.0 Å². The van der Waals surface area contributed by atoms with Crippen LogP contribution in [-0.2, 0) is 4.79 Å². The molecule has 3 rings (SSSR count). The van der Waals surface area contributed by atoms with E-state index in [1.165, 1.54) is 17.8 Å². The molecule has 0 aromatic heterocycles. The molecule has 1 heterocycles. The topological polar surface area (TPSA) is 38.8 Å². The summed E-state index contributed by atoms with van der Waals surface area (Å²) in [6.45, 7) is 0.664. The van der Waals surface area contributed by atoms with Crippen LogP contribution in [-0.4, -0.2) is 37.3 Å². The Balaban J connectivity index is 1.72. The predicted octanol–water partition coefficient (Wildman–Crippen LogP) is 4.44. The van der Waals surface area contributed by atoms with E-state index in [9.17, 15) is 13.6 Å². The maximum Gasteiger partial charge on any atom is 0.233 e. The Hall–Kier alpha value is -2.28. The fourth-order valence-corrected chi connectivity index (χ4v) is 4.08. The summed E-state index contributed by atoms with van der Waals surface area (Å²) < 4.78 is 37.1. The number of hydrogen-bond donors (Lipinski definition) is 0. The van der Waals surface area contributed by atoms with Gasteiger partial charge >= 0.3 is 0 Å². The van der Waals surface area contributed by atoms with Crippen molar-refractivity contribution >= 4 is 17.7 Å². The number of amides is 1. The summed E-state index contributed by atoms with van der Waals surface area (Å²) in [7, 11) is 3.19. The van der Waals surface area contributed by atoms with E-state index in [2.05, 4.69) is 0 Å². The van der Waals surface area contributed by atoms with E-state index in [-0.39, 0.29) is 17.7 Å². The normalized spacial score (nSPS) is 16.4. The summed E-state index contributed by atoms with van der Waals surface area (Å²) in [5, 5.41) is 0. The molecule has 0 radical (unpaired) electrons. The number of ether oxygens (including phenoxy) is 2. The van der Waals surface area contributed by atoms with Crippen LogP contribution < -0.4 is 9.47 Å². The second-order valence-corrected chi connectivity index (χ2v) is 7.27. The SMILES string of the molecule is COc1ccc(C2CCCN2C(=O)CSc2ccc(F)c(F)c2)c(OC)c1. The molecule has 7 heteroatoms. The van der Waals surface area contributed by atoms with Gasteiger partial charge in [-0.25, -0.2) is 8.78 Å². The van der Waals surface area contributed by atoms with Crippen LogP contribution in [0.15, 0.2) is 41.3 Å². The van der Waals surface area contributed by atoms with E-state index >= 15 is 0 Å². The lowest BCUT2D eigenvalue weighted by molar-refractivity contribution is -0.129. The monoisotopic (exact) mass is 393 g/mol. The van der Waals surface area contributed by atoms with Crippen molar-refractivity contribution in [1.82, 2.24) is 4.90 Å². The molecule has 2 aromatic carbocycles. The van der Waals surface area contributed by atoms with Crippen LogP contribution >= 0.6 is 11.8 Å². The molecule has 27 heavy (non-hydrogen) atoms. The molecule has 0 bridgehead atoms. The van der Waals surface area contributed by atoms with E-state index in [0.29, 0.717) is 22.9 Å². The average Bonchev–Trinajstić information content (AvgIpc) is 3.17. The van der Waals surface area contributed by atoms with Gasteiger partial charge in [0.2, 0.25) is 5.91 Å². The third-order valence-electron chi connectivity index (χ3n) is 4.63. The molecule has 1 amide bonds. The number of benzene rings is 2. The molecule has 1 fully saturated rings. The Morgan fingerprint density at radius 1 is 1.15 bits per heavy atom. The molecule has 144 valence electrons. The summed E-state index contributed by atoms with van der Waals surface area (Å²) in [6.07, 6.45) is 1.76. The minimum absolute atomic E-state index is 0.0369. The number of rotatable bonds is 6. The van der Waals surface area contributed by atoms with Crippen molar-refractivity contribution in [1.29, 1.82) is 0 Å². The first-order chi connectivity index (χ1) is 13.0. The van der Waals surface area contributed by atoms with Gasteiger partial charge in [-0.15, -0.1) is 11.8 Å². The predicted molar refractivity (Wildman–Crippen MR) is 100 cm³/mol. The first-order valence-corrected chi connectivity index (χ1v) is 9.61. The number of thioether (sulfide) groups is 1. The Labute approximate surface area is 161 Å². The van der Waals surface area contributed by atoms with Crippen molar-refractivity contribution in [3.8, 4) is 11.5 Å². The lowest BCUT2D eigenvalue weighted by Crippen LogP contribution is -2.32. The molecule has 0 saturated carbocycles. The van der Waals surface area contributed by atoms with Gasteiger partial charge in [0.1, 0.15) is 11.5 Å². The third-order valence-corrected chi connectivity index (χ3v) is 5.60. The molecule has 2 aromatic rings. The lowest BCUT2D eigenvalue weighted by atomic mass is 10.0. The Bertz CT molecular complexity index is 831. The van der Waals surface area contributed by atoms with Crippen molar-refractivity contribution in [2.24, 2.45) is 0 Å². The summed E-state index contributed by atoms with van der Waals surface area (Å²) in [4.78, 5) is 15.1. The van der Waals surface area contributed by atoms with Gasteiger partial charge in [0.15, 0.2) is 11.6 Å². The van der Waals surface area contributed by atoms with Gasteiger partial charge in [-0.1, -0.05) is 0 Å². The number of halogens is 2. The minimum Gasteiger partial charge on any atom is -0.497 e. The lowest BCUT2D eigenvalue weighted by Gasteiger charge is -2.26. The second-order valence-electron chi connectivity index (χ2n) is 6.22. The fourth-order valence-electron chi connectivity index (χ4n) is 3.28. The maximum atomic E-state index is 13.3. The standard InChI is InChI=1S/C20H21F2NO3S/c1-25-13-5-7-15(19(10-13)26-2)18-4-3-9-23(18)20(24)12-27-14-6-8-16(21)17(22)11-14/h5-8,10-11,18H,3-4,9,12H2,1-2H3. The largest absolute Gasteiger partial charge is 0.497 e. The van der Waals surface area contributed by atoms with Crippen LogP contribution in [0, 0.1) is 11.6 Å². The molecule has 0 spiro atoms. The number of hydrogen-bond acceptors (Lipinski definition) is 4. The molecule has 1 unspecified atom stereocenters. The number of nitrogens with zero attached hydrogens (tertiary/aromatic N) is 1. The number of likely N-dealkylation sites (tertiary alicyclic amines) is 1. The zero-order valence-corrected chi connectivity index (χ0v) is 16.0. The van der Waals surface area contributed by atoms with Gasteiger partial charge in [-0.2, -0.15) is 0 Å². The van der Waals surface area contributed by atoms with Crippen LogP contribution in [0.3, 0.4) is 0 Å². The second kappa shape index (κ2) is 8.61. The van der Waals surface area contributed by atoms with Crippen molar-refractivity contribution in [3.05, 3.63) is 53.6 Å². The van der Waals surface area contributed by atoms with Crippen LogP contribution in [0.5, 0.6) is 11.5 Å². The molecule has 4 nitrogen and oxygen atoms in total. The minimum atomic E-state index is -0.908. The van der Waals surface area contributed by atoms with Crippen LogP contribution in [0.4, 0.5) is 8.78 Å². The Morgan fingerprint density at radius 3 is 2.67 bits per heavy atom. The maximum absolute atomic E-state index is 13.3. The molecule has 1 atom stereocenters. The Morgan fingerprint density at radius 2 is 1.96 bits per heavy atom. The number of carbonyl (C=O) groups is 1. The van der Waals surface area contributed by atoms with Crippen LogP contribution in [0.25, 0.3) is 0 Å². The van der Waals surface area contributed by atoms with Crippen molar-refractivity contribution in [2.75, 3.05) is 26.5 Å². The van der Waals surface area contributed by atoms with E-state index < -0.39 is 11.6 Å². The summed E-state index contributed by atoms with van der Waals surface area (Å²) in [6, 6.07) is 9.19. The molecular formula is C20H21F2NO3S. The highest BCUT2D eigenvalue weighted by Gasteiger charge is 2.31. The fraction of sp³-hybridized carbons (Fsp3) is 0.350. The highest BCUT2D eigenvalue weighted by atomic mass is 32.2. The van der Waals surface area contributed by atoms with Crippen molar-refractivity contribution in [2.45, 2.75) is 23.8 Å². The molecule has 1 aliphatic heterocycles. The van der Waals surface area contributed by atoms with Crippen molar-refractivity contribution in [3.63, 3.8) is 0 Å². The highest BCUT2D eigenvalue weighted by molar-refractivity contribution is 8.00. The van der Waals surface area contributed by atoms with E-state index in [4.69, 9.17) is 9.47 Å². The van der Waals surface area contributed by atoms with E-state index in [0.717, 1.165) is 30.5 Å². The molecule has 1 saturated heterocycles. The highest BCUT2D eigenvalue weighted by Crippen LogP contribution is 2.39. The van der Waals surface area contributed by atoms with E-state index in [1.807, 2.05) is 23.1 Å². The first kappa shape index (κ1) is 19.5. The summed E-state index contributed by atoms with van der Waals surface area (Å²) in [5.74, 6) is -0.288. The summed E-state index contributed by atoms with van der Waals surface area (Å²) >= 11 is 1.20. The first-order valence-electron chi connectivity index (χ1n) is 8.62. The van der Waals surface area contributed by atoms with Crippen LogP contribution in [0.2, 0.25) is 0 Å². The van der Waals surface area contributed by atoms with Crippen molar-refractivity contribution < 1.29 is 23.0 Å². The average molecular weight is 393 g/mol. The van der Waals surface area contributed by atoms with Gasteiger partial charge in [0, 0.05) is 23.1 Å². The quantitative estimate of drug-likeness (QED) is 0.681. The number of carbonyl (C=O) groups excluding carboxylic acids is 1. The van der Waals surface area contributed by atoms with Gasteiger partial charge in [-0.05, 0) is 43.2 Å².